The van der Waals surface area contributed by atoms with Crippen molar-refractivity contribution in [1.82, 2.24) is 48.8 Å². The summed E-state index contributed by atoms with van der Waals surface area (Å²) in [5.41, 5.74) is 14.0. The number of halogens is 1. The van der Waals surface area contributed by atoms with Crippen molar-refractivity contribution >= 4 is 80.7 Å². The van der Waals surface area contributed by atoms with Crippen molar-refractivity contribution in [3.63, 3.8) is 0 Å². The Bertz CT molecular complexity index is 3350. The summed E-state index contributed by atoms with van der Waals surface area (Å²) < 4.78 is 34.4. The first-order valence-corrected chi connectivity index (χ1v) is 27.2. The number of hydrogen-bond acceptors (Lipinski definition) is 24. The van der Waals surface area contributed by atoms with Gasteiger partial charge in [0, 0.05) is 61.6 Å². The number of carbonyl (C=O) groups excluding carboxylic acids is 4. The van der Waals surface area contributed by atoms with Crippen LogP contribution in [0.3, 0.4) is 0 Å². The number of nitrogen functional groups attached to an aromatic ring is 2. The Labute approximate surface area is 495 Å². The van der Waals surface area contributed by atoms with Crippen LogP contribution >= 0.6 is 22.6 Å². The Balaban J connectivity index is 0.000000198. The number of esters is 2. The van der Waals surface area contributed by atoms with E-state index in [9.17, 15) is 44.7 Å². The number of rotatable bonds is 10. The van der Waals surface area contributed by atoms with Gasteiger partial charge in [0.05, 0.1) is 51.2 Å². The number of fused-ring (bicyclic) bond motifs is 2. The maximum absolute atomic E-state index is 12.6. The zero-order valence-electron chi connectivity index (χ0n) is 44.9. The van der Waals surface area contributed by atoms with Crippen LogP contribution in [0.4, 0.5) is 21.2 Å². The molecule has 84 heavy (non-hydrogen) atoms. The molecule has 6 aromatic rings. The van der Waals surface area contributed by atoms with Crippen molar-refractivity contribution < 1.29 is 78.2 Å². The van der Waals surface area contributed by atoms with Gasteiger partial charge >= 0.3 is 24.1 Å². The van der Waals surface area contributed by atoms with E-state index in [0.717, 1.165) is 32.1 Å². The number of imidazole rings is 2. The lowest BCUT2D eigenvalue weighted by atomic mass is 9.94. The van der Waals surface area contributed by atoms with E-state index in [0.29, 0.717) is 81.7 Å². The van der Waals surface area contributed by atoms with E-state index in [1.165, 1.54) is 48.1 Å². The highest BCUT2D eigenvalue weighted by molar-refractivity contribution is 14.1. The van der Waals surface area contributed by atoms with E-state index < -0.39 is 80.3 Å². The summed E-state index contributed by atoms with van der Waals surface area (Å²) in [5.74, 6) is 9.81. The molecule has 29 heteroatoms. The number of nitrogens with two attached hydrogens (primary N) is 2. The van der Waals surface area contributed by atoms with Gasteiger partial charge in [-0.1, -0.05) is 13.3 Å². The lowest BCUT2D eigenvalue weighted by molar-refractivity contribution is -0.0511. The van der Waals surface area contributed by atoms with E-state index >= 15 is 0 Å². The van der Waals surface area contributed by atoms with Gasteiger partial charge in [-0.3, -0.25) is 9.13 Å². The number of anilines is 2. The third-order valence-corrected chi connectivity index (χ3v) is 14.6. The molecule has 0 saturated carbocycles. The fourth-order valence-electron chi connectivity index (χ4n) is 9.46. The van der Waals surface area contributed by atoms with Crippen LogP contribution in [0.25, 0.3) is 22.3 Å². The quantitative estimate of drug-likeness (QED) is 0.0422. The van der Waals surface area contributed by atoms with Gasteiger partial charge in [-0.25, -0.2) is 49.1 Å². The molecule has 4 fully saturated rings. The lowest BCUT2D eigenvalue weighted by Crippen LogP contribution is -2.40. The summed E-state index contributed by atoms with van der Waals surface area (Å²) in [6.45, 7) is 1.50. The summed E-state index contributed by atoms with van der Waals surface area (Å²) in [7, 11) is 2.62. The molecule has 0 spiro atoms. The molecule has 4 aromatic heterocycles. The average Bonchev–Trinajstić information content (AvgIpc) is 2.53. The predicted molar refractivity (Wildman–Crippen MR) is 306 cm³/mol. The molecule has 0 radical (unpaired) electrons. The lowest BCUT2D eigenvalue weighted by Gasteiger charge is -2.30. The Morgan fingerprint density at radius 1 is 0.643 bits per heavy atom. The highest BCUT2D eigenvalue weighted by Gasteiger charge is 2.45. The van der Waals surface area contributed by atoms with Crippen LogP contribution in [0.1, 0.15) is 84.9 Å². The molecular formula is C55H65IN12O16. The van der Waals surface area contributed by atoms with Crippen molar-refractivity contribution in [1.29, 1.82) is 0 Å². The topological polar surface area (TPSA) is 391 Å². The highest BCUT2D eigenvalue weighted by Crippen LogP contribution is 2.34. The number of benzene rings is 2. The van der Waals surface area contributed by atoms with Crippen LogP contribution in [0.5, 0.6) is 11.5 Å². The highest BCUT2D eigenvalue weighted by atomic mass is 127. The second kappa shape index (κ2) is 29.1. The number of aromatic nitrogens is 8. The minimum atomic E-state index is -1.30. The third kappa shape index (κ3) is 14.9. The largest absolute Gasteiger partial charge is 0.465 e. The van der Waals surface area contributed by atoms with Gasteiger partial charge in [0.15, 0.2) is 39.2 Å². The van der Waals surface area contributed by atoms with Crippen LogP contribution in [0.15, 0.2) is 61.2 Å². The van der Waals surface area contributed by atoms with Gasteiger partial charge in [0.1, 0.15) is 59.2 Å². The van der Waals surface area contributed by atoms with Crippen LogP contribution in [-0.2, 0) is 18.9 Å². The number of terminal acetylenes is 1. The first kappa shape index (κ1) is 63.7. The molecule has 8 heterocycles. The monoisotopic (exact) mass is 1280 g/mol. The minimum absolute atomic E-state index is 0. The smallest absolute Gasteiger partial charge is 0.415 e. The summed E-state index contributed by atoms with van der Waals surface area (Å²) in [6, 6.07) is 12.4. The second-order valence-corrected chi connectivity index (χ2v) is 20.4. The zero-order valence-corrected chi connectivity index (χ0v) is 47.0. The number of aliphatic hydroxyl groups is 6. The molecule has 448 valence electrons. The predicted octanol–water partition coefficient (Wildman–Crippen LogP) is 2.43. The third-order valence-electron chi connectivity index (χ3n) is 14.2. The van der Waals surface area contributed by atoms with E-state index in [4.69, 9.17) is 41.9 Å². The Hall–Kier alpha value is -7.85. The molecule has 10 rings (SSSR count). The zero-order chi connectivity index (χ0) is 59.5. The van der Waals surface area contributed by atoms with Gasteiger partial charge < -0.3 is 80.3 Å². The summed E-state index contributed by atoms with van der Waals surface area (Å²) in [6.07, 6.45) is 3.23. The molecule has 4 aliphatic heterocycles. The summed E-state index contributed by atoms with van der Waals surface area (Å²) >= 11 is 1.92. The number of ether oxygens (including phenoxy) is 6. The Kier molecular flexibility index (Phi) is 22.1. The fourth-order valence-corrected chi connectivity index (χ4v) is 9.95. The maximum Gasteiger partial charge on any atom is 0.415 e. The number of nitrogens with zero attached hydrogens (tertiary/aromatic N) is 10. The molecule has 4 saturated heterocycles. The number of methoxy groups -OCH3 is 2. The standard InChI is InChI=1S/C27H30N6O8.C17H19NO4.C10H12IN5O4.CH4/c1-39-26(37)16-5-7-17(8-6-16)40-27(38)32-11-9-15(10-12-32)3-2-4-19-30-23(28)20-24(31-19)33(14-29-20)25-22(36)21(35)18(13-34)41-25;1-3-4-13-9-11-18(12-10-13)17(20)22-15-7-5-14(6-8-15)16(19)21-2;11-10-14-7(12)4-8(15-10)16(2-13-4)9-6(19)5(18)3(1-17)20-9;/h5-8,14-15,18,21-22,25,34-36H,3,9-13H2,1H3,(H2,28,30,31);1,5-8,13H,4,9-12H2,2H3;2-3,5-6,9,17-19H,1H2,(H2,12,14,15);1H4/t18-,21?,22+,25-;;3-,5?,6+,9-;/m1.1./s1. The molecule has 2 unspecified atom stereocenters. The fraction of sp³-hybridized carbons (Fsp3) is 0.455. The average molecular weight is 1280 g/mol. The number of hydrogen-bond donors (Lipinski definition) is 8. The SMILES string of the molecule is C.C#CCC1CCN(C(=O)Oc2ccc(C(=O)OC)cc2)CC1.COC(=O)c1ccc(OC(=O)N2CCC(CC#Cc3nc(N)c4ncn([C@@H]5O[C@H](CO)C(O)[C@@H]5O)c4n3)CC2)cc1.Nc1nc(I)nc2c1ncn2[C@@H]1O[C@H](CO)C(O)[C@@H]1O. The first-order chi connectivity index (χ1) is 39.9. The normalized spacial score (nSPS) is 22.2. The Morgan fingerprint density at radius 2 is 1.06 bits per heavy atom. The number of likely N-dealkylation sites (tertiary alicyclic amines) is 2. The second-order valence-electron chi connectivity index (χ2n) is 19.5. The van der Waals surface area contributed by atoms with Crippen molar-refractivity contribution in [2.45, 2.75) is 95.0 Å². The molecule has 28 nitrogen and oxygen atoms in total. The number of piperidine rings is 2. The number of amides is 2. The molecule has 2 aromatic carbocycles. The van der Waals surface area contributed by atoms with Crippen LogP contribution < -0.4 is 20.9 Å². The van der Waals surface area contributed by atoms with Gasteiger partial charge in [0.25, 0.3) is 0 Å². The van der Waals surface area contributed by atoms with E-state index in [2.05, 4.69) is 57.1 Å². The molecule has 0 bridgehead atoms. The van der Waals surface area contributed by atoms with Gasteiger partial charge in [-0.2, -0.15) is 0 Å². The van der Waals surface area contributed by atoms with Crippen LogP contribution in [0.2, 0.25) is 0 Å². The molecular weight excluding hydrogens is 1210 g/mol. The van der Waals surface area contributed by atoms with E-state index in [1.54, 1.807) is 46.2 Å². The van der Waals surface area contributed by atoms with Crippen molar-refractivity contribution in [3.8, 4) is 35.7 Å². The van der Waals surface area contributed by atoms with Gasteiger partial charge in [-0.05, 0) is 92.0 Å². The number of aliphatic hydroxyl groups excluding tert-OH is 6. The summed E-state index contributed by atoms with van der Waals surface area (Å²) in [4.78, 5) is 76.0. The molecule has 0 aliphatic carbocycles. The van der Waals surface area contributed by atoms with E-state index in [-0.39, 0.29) is 42.5 Å². The van der Waals surface area contributed by atoms with Gasteiger partial charge in [-0.15, -0.1) is 12.3 Å². The maximum atomic E-state index is 12.6. The van der Waals surface area contributed by atoms with Crippen LogP contribution in [-0.4, -0.2) is 194 Å². The first-order valence-electron chi connectivity index (χ1n) is 26.1. The number of carbonyl (C=O) groups is 4. The van der Waals surface area contributed by atoms with Crippen molar-refractivity contribution in [2.24, 2.45) is 11.8 Å². The van der Waals surface area contributed by atoms with Gasteiger partial charge in [0.2, 0.25) is 5.82 Å². The molecule has 2 amide bonds. The summed E-state index contributed by atoms with van der Waals surface area (Å²) in [5, 5.41) is 58.8. The van der Waals surface area contributed by atoms with E-state index in [1.807, 2.05) is 22.6 Å². The van der Waals surface area contributed by atoms with Crippen LogP contribution in [0, 0.1) is 39.9 Å². The van der Waals surface area contributed by atoms with Crippen molar-refractivity contribution in [3.05, 3.63) is 82.0 Å². The van der Waals surface area contributed by atoms with Crippen molar-refractivity contribution in [2.75, 3.05) is 65.1 Å². The Morgan fingerprint density at radius 3 is 1.46 bits per heavy atom. The molecule has 4 aliphatic rings. The molecule has 8 atom stereocenters. The molecule has 10 N–H and O–H groups in total. The minimum Gasteiger partial charge on any atom is -0.465 e.